The molecule has 0 saturated heterocycles. The number of rotatable bonds is 4. The highest BCUT2D eigenvalue weighted by Gasteiger charge is 2.30. The molecule has 0 radical (unpaired) electrons. The molecule has 7 heteroatoms. The van der Waals surface area contributed by atoms with Crippen LogP contribution in [-0.2, 0) is 6.18 Å². The number of nitrogens with one attached hydrogen (secondary N) is 1. The van der Waals surface area contributed by atoms with Gasteiger partial charge in [0, 0.05) is 13.1 Å². The van der Waals surface area contributed by atoms with Crippen molar-refractivity contribution >= 4 is 5.69 Å². The topological polar surface area (TPSA) is 55.9 Å². The Kier molecular flexibility index (Phi) is 3.75. The average molecular weight is 270 g/mol. The van der Waals surface area contributed by atoms with Crippen molar-refractivity contribution in [1.29, 1.82) is 0 Å². The number of aromatic nitrogens is 2. The van der Waals surface area contributed by atoms with E-state index >= 15 is 0 Å². The largest absolute Gasteiger partial charge is 0.416 e. The van der Waals surface area contributed by atoms with Gasteiger partial charge in [-0.25, -0.2) is 4.68 Å². The summed E-state index contributed by atoms with van der Waals surface area (Å²) >= 11 is 0. The molecule has 102 valence electrons. The molecule has 4 nitrogen and oxygen atoms in total. The van der Waals surface area contributed by atoms with Crippen molar-refractivity contribution in [3.63, 3.8) is 0 Å². The lowest BCUT2D eigenvalue weighted by atomic mass is 10.2. The summed E-state index contributed by atoms with van der Waals surface area (Å²) in [6, 6.07) is 5.00. The van der Waals surface area contributed by atoms with E-state index < -0.39 is 11.7 Å². The first-order chi connectivity index (χ1) is 9.00. The highest BCUT2D eigenvalue weighted by molar-refractivity contribution is 5.43. The zero-order valence-electron chi connectivity index (χ0n) is 9.98. The van der Waals surface area contributed by atoms with Crippen molar-refractivity contribution in [1.82, 2.24) is 9.78 Å². The third-order valence-corrected chi connectivity index (χ3v) is 2.49. The van der Waals surface area contributed by atoms with Gasteiger partial charge in [0.1, 0.15) is 0 Å². The maximum atomic E-state index is 12.6. The quantitative estimate of drug-likeness (QED) is 0.896. The van der Waals surface area contributed by atoms with Crippen LogP contribution in [0, 0.1) is 0 Å². The first-order valence-electron chi connectivity index (χ1n) is 5.67. The Morgan fingerprint density at radius 3 is 2.79 bits per heavy atom. The van der Waals surface area contributed by atoms with Gasteiger partial charge in [-0.2, -0.15) is 18.3 Å². The van der Waals surface area contributed by atoms with E-state index in [0.29, 0.717) is 24.5 Å². The van der Waals surface area contributed by atoms with Crippen molar-refractivity contribution in [2.24, 2.45) is 5.73 Å². The SMILES string of the molecule is NCCNc1cnn(-c2cccc(C(F)(F)F)c2)c1. The van der Waals surface area contributed by atoms with Crippen molar-refractivity contribution in [2.75, 3.05) is 18.4 Å². The normalized spacial score (nSPS) is 11.6. The van der Waals surface area contributed by atoms with Crippen LogP contribution in [0.3, 0.4) is 0 Å². The van der Waals surface area contributed by atoms with Gasteiger partial charge in [0.25, 0.3) is 0 Å². The predicted molar refractivity (Wildman–Crippen MR) is 66.1 cm³/mol. The molecule has 1 aromatic carbocycles. The molecule has 0 aliphatic carbocycles. The molecule has 0 amide bonds. The number of alkyl halides is 3. The predicted octanol–water partition coefficient (Wildman–Crippen LogP) is 2.26. The molecule has 0 fully saturated rings. The molecule has 0 spiro atoms. The molecular weight excluding hydrogens is 257 g/mol. The van der Waals surface area contributed by atoms with Crippen LogP contribution in [-0.4, -0.2) is 22.9 Å². The van der Waals surface area contributed by atoms with E-state index in [9.17, 15) is 13.2 Å². The van der Waals surface area contributed by atoms with Crippen molar-refractivity contribution in [2.45, 2.75) is 6.18 Å². The van der Waals surface area contributed by atoms with Crippen molar-refractivity contribution in [3.05, 3.63) is 42.2 Å². The second-order valence-corrected chi connectivity index (χ2v) is 3.94. The highest BCUT2D eigenvalue weighted by atomic mass is 19.4. The van der Waals surface area contributed by atoms with E-state index in [0.717, 1.165) is 12.1 Å². The van der Waals surface area contributed by atoms with Gasteiger partial charge < -0.3 is 11.1 Å². The molecule has 0 aliphatic rings. The van der Waals surface area contributed by atoms with Crippen LogP contribution in [0.25, 0.3) is 5.69 Å². The molecule has 3 N–H and O–H groups in total. The zero-order chi connectivity index (χ0) is 13.9. The molecule has 0 aliphatic heterocycles. The minimum atomic E-state index is -4.36. The van der Waals surface area contributed by atoms with E-state index in [1.54, 1.807) is 12.3 Å². The summed E-state index contributed by atoms with van der Waals surface area (Å²) in [4.78, 5) is 0. The van der Waals surface area contributed by atoms with Crippen LogP contribution >= 0.6 is 0 Å². The molecule has 19 heavy (non-hydrogen) atoms. The smallest absolute Gasteiger partial charge is 0.381 e. The van der Waals surface area contributed by atoms with E-state index in [2.05, 4.69) is 10.4 Å². The van der Waals surface area contributed by atoms with Crippen LogP contribution in [0.1, 0.15) is 5.56 Å². The maximum Gasteiger partial charge on any atom is 0.416 e. The van der Waals surface area contributed by atoms with Gasteiger partial charge in [0.05, 0.1) is 29.3 Å². The molecule has 2 aromatic rings. The maximum absolute atomic E-state index is 12.6. The summed E-state index contributed by atoms with van der Waals surface area (Å²) in [5, 5.41) is 7.01. The number of nitrogens with two attached hydrogens (primary N) is 1. The van der Waals surface area contributed by atoms with Gasteiger partial charge in [-0.05, 0) is 18.2 Å². The van der Waals surface area contributed by atoms with Gasteiger partial charge in [-0.15, -0.1) is 0 Å². The van der Waals surface area contributed by atoms with E-state index in [1.807, 2.05) is 0 Å². The number of halogens is 3. The molecule has 0 bridgehead atoms. The lowest BCUT2D eigenvalue weighted by Crippen LogP contribution is -2.12. The summed E-state index contributed by atoms with van der Waals surface area (Å²) in [5.74, 6) is 0. The third kappa shape index (κ3) is 3.25. The number of anilines is 1. The summed E-state index contributed by atoms with van der Waals surface area (Å²) in [6.45, 7) is 1.04. The van der Waals surface area contributed by atoms with Crippen molar-refractivity contribution in [3.8, 4) is 5.69 Å². The molecule has 2 rings (SSSR count). The van der Waals surface area contributed by atoms with Crippen LogP contribution in [0.15, 0.2) is 36.7 Å². The lowest BCUT2D eigenvalue weighted by Gasteiger charge is -2.08. The molecule has 0 unspecified atom stereocenters. The molecular formula is C12H13F3N4. The minimum absolute atomic E-state index is 0.357. The van der Waals surface area contributed by atoms with Crippen LogP contribution < -0.4 is 11.1 Å². The molecule has 0 atom stereocenters. The molecule has 1 heterocycles. The first-order valence-corrected chi connectivity index (χ1v) is 5.67. The van der Waals surface area contributed by atoms with Gasteiger partial charge in [0.2, 0.25) is 0 Å². The van der Waals surface area contributed by atoms with Crippen LogP contribution in [0.5, 0.6) is 0 Å². The minimum Gasteiger partial charge on any atom is -0.381 e. The fourth-order valence-corrected chi connectivity index (χ4v) is 1.60. The van der Waals surface area contributed by atoms with Crippen LogP contribution in [0.2, 0.25) is 0 Å². The highest BCUT2D eigenvalue weighted by Crippen LogP contribution is 2.30. The second kappa shape index (κ2) is 5.31. The molecule has 0 saturated carbocycles. The number of nitrogens with zero attached hydrogens (tertiary/aromatic N) is 2. The number of hydrogen-bond acceptors (Lipinski definition) is 3. The van der Waals surface area contributed by atoms with Gasteiger partial charge in [-0.3, -0.25) is 0 Å². The standard InChI is InChI=1S/C12H13F3N4/c13-12(14,15)9-2-1-3-11(6-9)19-8-10(7-18-19)17-5-4-16/h1-3,6-8,17H,4-5,16H2. The monoisotopic (exact) mass is 270 g/mol. The third-order valence-electron chi connectivity index (χ3n) is 2.49. The Morgan fingerprint density at radius 2 is 2.11 bits per heavy atom. The summed E-state index contributed by atoms with van der Waals surface area (Å²) in [6.07, 6.45) is -1.20. The summed E-state index contributed by atoms with van der Waals surface area (Å²) in [5.41, 5.74) is 5.72. The van der Waals surface area contributed by atoms with Gasteiger partial charge in [0.15, 0.2) is 0 Å². The van der Waals surface area contributed by atoms with Crippen molar-refractivity contribution < 1.29 is 13.2 Å². The number of hydrogen-bond donors (Lipinski definition) is 2. The summed E-state index contributed by atoms with van der Waals surface area (Å²) in [7, 11) is 0. The van der Waals surface area contributed by atoms with E-state index in [1.165, 1.54) is 16.9 Å². The zero-order valence-corrected chi connectivity index (χ0v) is 9.98. The Labute approximate surface area is 108 Å². The van der Waals surface area contributed by atoms with E-state index in [4.69, 9.17) is 5.73 Å². The Morgan fingerprint density at radius 1 is 1.32 bits per heavy atom. The van der Waals surface area contributed by atoms with Gasteiger partial charge in [-0.1, -0.05) is 6.07 Å². The van der Waals surface area contributed by atoms with Crippen LogP contribution in [0.4, 0.5) is 18.9 Å². The fourth-order valence-electron chi connectivity index (χ4n) is 1.60. The fraction of sp³-hybridized carbons (Fsp3) is 0.250. The second-order valence-electron chi connectivity index (χ2n) is 3.94. The molecule has 1 aromatic heterocycles. The number of benzene rings is 1. The van der Waals surface area contributed by atoms with E-state index in [-0.39, 0.29) is 0 Å². The first kappa shape index (κ1) is 13.4. The Hall–Kier alpha value is -2.02. The van der Waals surface area contributed by atoms with Gasteiger partial charge >= 0.3 is 6.18 Å². The Bertz CT molecular complexity index is 548. The Balaban J connectivity index is 2.24. The average Bonchev–Trinajstić information content (AvgIpc) is 2.84. The summed E-state index contributed by atoms with van der Waals surface area (Å²) < 4.78 is 39.2. The lowest BCUT2D eigenvalue weighted by molar-refractivity contribution is -0.137.